The Kier molecular flexibility index (Phi) is 3.25. The van der Waals surface area contributed by atoms with Crippen molar-refractivity contribution >= 4 is 17.4 Å². The average Bonchev–Trinajstić information content (AvgIpc) is 2.68. The maximum atomic E-state index is 11.3. The summed E-state index contributed by atoms with van der Waals surface area (Å²) in [5.74, 6) is 0.977. The Morgan fingerprint density at radius 2 is 2.44 bits per heavy atom. The third kappa shape index (κ3) is 2.25. The molecule has 6 nitrogen and oxygen atoms in total. The SMILES string of the molecule is CC(CO)CSc1ccc2n[nH]c(=O)n2n1. The lowest BCUT2D eigenvalue weighted by molar-refractivity contribution is 0.250. The van der Waals surface area contributed by atoms with E-state index in [0.29, 0.717) is 5.65 Å². The van der Waals surface area contributed by atoms with E-state index in [4.69, 9.17) is 5.11 Å². The van der Waals surface area contributed by atoms with Crippen LogP contribution in [0.1, 0.15) is 6.92 Å². The van der Waals surface area contributed by atoms with E-state index in [1.54, 1.807) is 6.07 Å². The zero-order chi connectivity index (χ0) is 11.5. The number of aromatic amines is 1. The van der Waals surface area contributed by atoms with Crippen molar-refractivity contribution in [2.75, 3.05) is 12.4 Å². The van der Waals surface area contributed by atoms with Crippen LogP contribution in [0.3, 0.4) is 0 Å². The van der Waals surface area contributed by atoms with Gasteiger partial charge in [-0.1, -0.05) is 6.92 Å². The third-order valence-electron chi connectivity index (χ3n) is 2.08. The number of aromatic nitrogens is 4. The Bertz CT molecular complexity index is 536. The minimum absolute atomic E-state index is 0.154. The molecular formula is C9H12N4O2S. The van der Waals surface area contributed by atoms with E-state index in [1.165, 1.54) is 16.3 Å². The fourth-order valence-electron chi connectivity index (χ4n) is 1.14. The summed E-state index contributed by atoms with van der Waals surface area (Å²) < 4.78 is 1.23. The molecule has 0 saturated heterocycles. The van der Waals surface area contributed by atoms with E-state index in [2.05, 4.69) is 15.3 Å². The molecule has 2 N–H and O–H groups in total. The predicted octanol–water partition coefficient (Wildman–Crippen LogP) is 0.138. The molecule has 0 amide bonds. The number of hydrogen-bond donors (Lipinski definition) is 2. The minimum atomic E-state index is -0.340. The van der Waals surface area contributed by atoms with Crippen molar-refractivity contribution in [1.29, 1.82) is 0 Å². The molecule has 1 unspecified atom stereocenters. The number of aliphatic hydroxyl groups excluding tert-OH is 1. The molecule has 1 atom stereocenters. The van der Waals surface area contributed by atoms with Crippen LogP contribution in [-0.2, 0) is 0 Å². The molecule has 7 heteroatoms. The van der Waals surface area contributed by atoms with Gasteiger partial charge in [0.1, 0.15) is 5.03 Å². The first kappa shape index (κ1) is 11.2. The summed E-state index contributed by atoms with van der Waals surface area (Å²) >= 11 is 1.51. The van der Waals surface area contributed by atoms with Gasteiger partial charge in [0.25, 0.3) is 0 Å². The standard InChI is InChI=1S/C9H12N4O2S/c1-6(4-14)5-16-8-3-2-7-10-11-9(15)13(7)12-8/h2-3,6,14H,4-5H2,1H3,(H,11,15). The molecule has 0 bridgehead atoms. The summed E-state index contributed by atoms with van der Waals surface area (Å²) in [6.45, 7) is 2.11. The molecule has 0 saturated carbocycles. The summed E-state index contributed by atoms with van der Waals surface area (Å²) in [5.41, 5.74) is 0.164. The number of aliphatic hydroxyl groups is 1. The van der Waals surface area contributed by atoms with Gasteiger partial charge in [-0.05, 0) is 18.1 Å². The molecule has 0 radical (unpaired) electrons. The van der Waals surface area contributed by atoms with Gasteiger partial charge in [-0.15, -0.1) is 11.8 Å². The Balaban J connectivity index is 2.19. The van der Waals surface area contributed by atoms with Gasteiger partial charge in [-0.3, -0.25) is 0 Å². The topological polar surface area (TPSA) is 83.3 Å². The number of nitrogens with zero attached hydrogens (tertiary/aromatic N) is 3. The van der Waals surface area contributed by atoms with Crippen LogP contribution in [0.5, 0.6) is 0 Å². The van der Waals surface area contributed by atoms with Crippen LogP contribution in [0.2, 0.25) is 0 Å². The third-order valence-corrected chi connectivity index (χ3v) is 3.33. The highest BCUT2D eigenvalue weighted by atomic mass is 32.2. The van der Waals surface area contributed by atoms with Crippen LogP contribution in [0, 0.1) is 5.92 Å². The van der Waals surface area contributed by atoms with E-state index >= 15 is 0 Å². The van der Waals surface area contributed by atoms with Crippen molar-refractivity contribution in [3.63, 3.8) is 0 Å². The number of rotatable bonds is 4. The maximum absolute atomic E-state index is 11.3. The molecular weight excluding hydrogens is 228 g/mol. The van der Waals surface area contributed by atoms with Gasteiger partial charge in [0.2, 0.25) is 0 Å². The lowest BCUT2D eigenvalue weighted by atomic mass is 10.2. The Labute approximate surface area is 95.7 Å². The van der Waals surface area contributed by atoms with E-state index in [-0.39, 0.29) is 18.2 Å². The number of nitrogens with one attached hydrogen (secondary N) is 1. The highest BCUT2D eigenvalue weighted by molar-refractivity contribution is 7.99. The first-order chi connectivity index (χ1) is 7.70. The zero-order valence-corrected chi connectivity index (χ0v) is 9.57. The molecule has 0 aliphatic rings. The minimum Gasteiger partial charge on any atom is -0.396 e. The van der Waals surface area contributed by atoms with Gasteiger partial charge in [0.05, 0.1) is 0 Å². The molecule has 0 aliphatic carbocycles. The Morgan fingerprint density at radius 3 is 3.19 bits per heavy atom. The molecule has 16 heavy (non-hydrogen) atoms. The molecule has 2 rings (SSSR count). The van der Waals surface area contributed by atoms with Gasteiger partial charge < -0.3 is 5.11 Å². The summed E-state index contributed by atoms with van der Waals surface area (Å²) in [5, 5.41) is 19.9. The van der Waals surface area contributed by atoms with Crippen LogP contribution >= 0.6 is 11.8 Å². The van der Waals surface area contributed by atoms with Gasteiger partial charge in [-0.25, -0.2) is 9.89 Å². The number of hydrogen-bond acceptors (Lipinski definition) is 5. The van der Waals surface area contributed by atoms with Crippen molar-refractivity contribution < 1.29 is 5.11 Å². The Hall–Kier alpha value is -1.34. The van der Waals surface area contributed by atoms with Crippen molar-refractivity contribution in [3.05, 3.63) is 22.6 Å². The Morgan fingerprint density at radius 1 is 1.62 bits per heavy atom. The van der Waals surface area contributed by atoms with Crippen LogP contribution in [0.25, 0.3) is 5.65 Å². The molecule has 2 aromatic rings. The first-order valence-electron chi connectivity index (χ1n) is 4.89. The van der Waals surface area contributed by atoms with Crippen molar-refractivity contribution in [3.8, 4) is 0 Å². The summed E-state index contributed by atoms with van der Waals surface area (Å²) in [4.78, 5) is 11.3. The summed E-state index contributed by atoms with van der Waals surface area (Å²) in [6, 6.07) is 3.54. The highest BCUT2D eigenvalue weighted by Crippen LogP contribution is 2.17. The van der Waals surface area contributed by atoms with E-state index in [9.17, 15) is 4.79 Å². The van der Waals surface area contributed by atoms with Gasteiger partial charge >= 0.3 is 5.69 Å². The van der Waals surface area contributed by atoms with Crippen molar-refractivity contribution in [1.82, 2.24) is 19.8 Å². The smallest absolute Gasteiger partial charge is 0.364 e. The lowest BCUT2D eigenvalue weighted by Gasteiger charge is -2.05. The lowest BCUT2D eigenvalue weighted by Crippen LogP contribution is -2.12. The maximum Gasteiger partial charge on any atom is 0.364 e. The molecule has 2 heterocycles. The number of H-pyrrole nitrogens is 1. The molecule has 86 valence electrons. The fraction of sp³-hybridized carbons (Fsp3) is 0.444. The predicted molar refractivity (Wildman–Crippen MR) is 60.6 cm³/mol. The quantitative estimate of drug-likeness (QED) is 0.743. The van der Waals surface area contributed by atoms with Gasteiger partial charge in [0.15, 0.2) is 5.65 Å². The monoisotopic (exact) mass is 240 g/mol. The van der Waals surface area contributed by atoms with Crippen molar-refractivity contribution in [2.45, 2.75) is 11.9 Å². The summed E-state index contributed by atoms with van der Waals surface area (Å²) in [7, 11) is 0. The molecule has 0 aliphatic heterocycles. The van der Waals surface area contributed by atoms with Crippen LogP contribution in [0.4, 0.5) is 0 Å². The van der Waals surface area contributed by atoms with E-state index in [0.717, 1.165) is 10.8 Å². The molecule has 0 aromatic carbocycles. The van der Waals surface area contributed by atoms with Crippen LogP contribution in [-0.4, -0.2) is 37.3 Å². The second-order valence-electron chi connectivity index (χ2n) is 3.57. The number of thioether (sulfide) groups is 1. The second kappa shape index (κ2) is 4.67. The van der Waals surface area contributed by atoms with Crippen molar-refractivity contribution in [2.24, 2.45) is 5.92 Å². The van der Waals surface area contributed by atoms with Crippen LogP contribution < -0.4 is 5.69 Å². The second-order valence-corrected chi connectivity index (χ2v) is 4.61. The molecule has 2 aromatic heterocycles. The zero-order valence-electron chi connectivity index (χ0n) is 8.75. The highest BCUT2D eigenvalue weighted by Gasteiger charge is 2.05. The number of fused-ring (bicyclic) bond motifs is 1. The fourth-order valence-corrected chi connectivity index (χ4v) is 2.01. The largest absolute Gasteiger partial charge is 0.396 e. The van der Waals surface area contributed by atoms with E-state index < -0.39 is 0 Å². The molecule has 0 fully saturated rings. The van der Waals surface area contributed by atoms with Crippen LogP contribution in [0.15, 0.2) is 22.0 Å². The summed E-state index contributed by atoms with van der Waals surface area (Å²) in [6.07, 6.45) is 0. The normalized spacial score (nSPS) is 13.1. The van der Waals surface area contributed by atoms with E-state index in [1.807, 2.05) is 13.0 Å². The van der Waals surface area contributed by atoms with Gasteiger partial charge in [-0.2, -0.15) is 14.7 Å². The van der Waals surface area contributed by atoms with Gasteiger partial charge in [0, 0.05) is 12.4 Å². The average molecular weight is 240 g/mol. The molecule has 0 spiro atoms. The first-order valence-corrected chi connectivity index (χ1v) is 5.87.